The summed E-state index contributed by atoms with van der Waals surface area (Å²) in [6.07, 6.45) is 0. The first kappa shape index (κ1) is 12.4. The normalized spacial score (nSPS) is 10.7. The number of benzene rings is 1. The van der Waals surface area contributed by atoms with Crippen molar-refractivity contribution in [1.29, 1.82) is 0 Å². The van der Waals surface area contributed by atoms with Gasteiger partial charge in [-0.1, -0.05) is 6.07 Å². The fourth-order valence-corrected chi connectivity index (χ4v) is 2.14. The molecule has 0 aliphatic rings. The Labute approximate surface area is 104 Å². The lowest BCUT2D eigenvalue weighted by molar-refractivity contribution is 0.0696. The van der Waals surface area contributed by atoms with Gasteiger partial charge >= 0.3 is 5.97 Å². The largest absolute Gasteiger partial charge is 0.478 e. The van der Waals surface area contributed by atoms with Crippen LogP contribution in [0, 0.1) is 26.6 Å². The fraction of sp³-hybridized carbons (Fsp3) is 0.214. The summed E-state index contributed by atoms with van der Waals surface area (Å²) in [4.78, 5) is 11.1. The molecule has 3 nitrogen and oxygen atoms in total. The number of rotatable bonds is 2. The summed E-state index contributed by atoms with van der Waals surface area (Å²) < 4.78 is 15.6. The number of aromatic nitrogens is 1. The molecule has 0 radical (unpaired) electrons. The number of halogens is 1. The molecular formula is C14H14FNO2. The van der Waals surface area contributed by atoms with E-state index in [9.17, 15) is 9.18 Å². The lowest BCUT2D eigenvalue weighted by Crippen LogP contribution is -2.04. The minimum atomic E-state index is -0.998. The summed E-state index contributed by atoms with van der Waals surface area (Å²) in [6.45, 7) is 5.25. The Morgan fingerprint density at radius 2 is 1.89 bits per heavy atom. The Morgan fingerprint density at radius 1 is 1.22 bits per heavy atom. The predicted molar refractivity (Wildman–Crippen MR) is 66.9 cm³/mol. The maximum atomic E-state index is 13.9. The molecule has 1 aromatic carbocycles. The van der Waals surface area contributed by atoms with E-state index in [0.29, 0.717) is 17.1 Å². The third-order valence-electron chi connectivity index (χ3n) is 3.01. The second kappa shape index (κ2) is 4.29. The van der Waals surface area contributed by atoms with Crippen LogP contribution in [0.1, 0.15) is 27.3 Å². The van der Waals surface area contributed by atoms with Crippen molar-refractivity contribution in [2.45, 2.75) is 20.8 Å². The molecule has 0 aliphatic heterocycles. The van der Waals surface area contributed by atoms with Crippen LogP contribution in [-0.2, 0) is 0 Å². The molecule has 4 heteroatoms. The Balaban J connectivity index is 2.68. The molecule has 0 amide bonds. The van der Waals surface area contributed by atoms with Gasteiger partial charge in [-0.15, -0.1) is 0 Å². The van der Waals surface area contributed by atoms with Gasteiger partial charge < -0.3 is 9.67 Å². The van der Waals surface area contributed by atoms with Gasteiger partial charge in [-0.05, 0) is 44.5 Å². The van der Waals surface area contributed by atoms with Crippen LogP contribution >= 0.6 is 0 Å². The zero-order valence-corrected chi connectivity index (χ0v) is 10.5. The van der Waals surface area contributed by atoms with Crippen molar-refractivity contribution in [3.05, 3.63) is 52.6 Å². The van der Waals surface area contributed by atoms with Crippen LogP contribution < -0.4 is 0 Å². The number of aromatic carboxylic acids is 1. The summed E-state index contributed by atoms with van der Waals surface area (Å²) in [5, 5.41) is 9.06. The molecule has 0 saturated heterocycles. The van der Waals surface area contributed by atoms with Crippen LogP contribution in [0.3, 0.4) is 0 Å². The monoisotopic (exact) mass is 247 g/mol. The van der Waals surface area contributed by atoms with Crippen molar-refractivity contribution >= 4 is 5.97 Å². The van der Waals surface area contributed by atoms with Gasteiger partial charge in [-0.3, -0.25) is 0 Å². The van der Waals surface area contributed by atoms with Gasteiger partial charge in [0, 0.05) is 11.4 Å². The van der Waals surface area contributed by atoms with Crippen LogP contribution in [0.2, 0.25) is 0 Å². The molecule has 2 rings (SSSR count). The lowest BCUT2D eigenvalue weighted by Gasteiger charge is -2.11. The minimum absolute atomic E-state index is 0.201. The van der Waals surface area contributed by atoms with Crippen LogP contribution in [0.4, 0.5) is 4.39 Å². The number of carboxylic acids is 1. The van der Waals surface area contributed by atoms with E-state index >= 15 is 0 Å². The second-order valence-corrected chi connectivity index (χ2v) is 4.38. The molecule has 0 saturated carbocycles. The highest BCUT2D eigenvalue weighted by Crippen LogP contribution is 2.23. The van der Waals surface area contributed by atoms with Crippen molar-refractivity contribution in [3.8, 4) is 5.69 Å². The molecule has 1 heterocycles. The summed E-state index contributed by atoms with van der Waals surface area (Å²) in [7, 11) is 0. The van der Waals surface area contributed by atoms with E-state index in [1.807, 2.05) is 6.92 Å². The molecule has 0 aliphatic carbocycles. The molecule has 1 aromatic heterocycles. The lowest BCUT2D eigenvalue weighted by atomic mass is 10.2. The van der Waals surface area contributed by atoms with Gasteiger partial charge in [0.15, 0.2) is 0 Å². The van der Waals surface area contributed by atoms with E-state index < -0.39 is 5.97 Å². The molecular weight excluding hydrogens is 233 g/mol. The zero-order chi connectivity index (χ0) is 13.4. The predicted octanol–water partition coefficient (Wildman–Crippen LogP) is 3.24. The third-order valence-corrected chi connectivity index (χ3v) is 3.01. The first-order valence-electron chi connectivity index (χ1n) is 5.60. The van der Waals surface area contributed by atoms with Crippen LogP contribution in [0.25, 0.3) is 5.69 Å². The van der Waals surface area contributed by atoms with Crippen LogP contribution in [0.5, 0.6) is 0 Å². The number of hydrogen-bond donors (Lipinski definition) is 1. The average Bonchev–Trinajstić information content (AvgIpc) is 2.56. The average molecular weight is 247 g/mol. The Bertz CT molecular complexity index is 629. The van der Waals surface area contributed by atoms with E-state index in [1.54, 1.807) is 36.6 Å². The molecule has 0 atom stereocenters. The van der Waals surface area contributed by atoms with E-state index in [-0.39, 0.29) is 11.4 Å². The Morgan fingerprint density at radius 3 is 2.39 bits per heavy atom. The number of nitrogens with zero attached hydrogens (tertiary/aromatic N) is 1. The van der Waals surface area contributed by atoms with E-state index in [2.05, 4.69) is 0 Å². The summed E-state index contributed by atoms with van der Waals surface area (Å²) >= 11 is 0. The van der Waals surface area contributed by atoms with Crippen LogP contribution in [0.15, 0.2) is 24.3 Å². The highest BCUT2D eigenvalue weighted by atomic mass is 19.1. The molecule has 0 fully saturated rings. The number of aryl methyl sites for hydroxylation is 2. The van der Waals surface area contributed by atoms with Crippen molar-refractivity contribution in [1.82, 2.24) is 4.57 Å². The number of carbonyl (C=O) groups is 1. The molecule has 18 heavy (non-hydrogen) atoms. The number of carboxylic acid groups (broad SMARTS) is 1. The standard InChI is InChI=1S/C14H14FNO2/c1-8-4-5-13(12(15)6-8)16-9(2)7-11(10(16)3)14(17)18/h4-7H,1-3H3,(H,17,18). The summed E-state index contributed by atoms with van der Waals surface area (Å²) in [5.74, 6) is -1.35. The molecule has 0 bridgehead atoms. The summed E-state index contributed by atoms with van der Waals surface area (Å²) in [5.41, 5.74) is 2.64. The topological polar surface area (TPSA) is 42.2 Å². The van der Waals surface area contributed by atoms with Gasteiger partial charge in [-0.25, -0.2) is 9.18 Å². The van der Waals surface area contributed by atoms with Gasteiger partial charge in [0.25, 0.3) is 0 Å². The first-order chi connectivity index (χ1) is 8.41. The highest BCUT2D eigenvalue weighted by molar-refractivity contribution is 5.89. The molecule has 0 unspecified atom stereocenters. The highest BCUT2D eigenvalue weighted by Gasteiger charge is 2.17. The Hall–Kier alpha value is -2.10. The quantitative estimate of drug-likeness (QED) is 0.885. The first-order valence-corrected chi connectivity index (χ1v) is 5.60. The van der Waals surface area contributed by atoms with Crippen molar-refractivity contribution in [2.75, 3.05) is 0 Å². The van der Waals surface area contributed by atoms with Gasteiger partial charge in [0.05, 0.1) is 11.3 Å². The molecule has 1 N–H and O–H groups in total. The molecule has 2 aromatic rings. The number of hydrogen-bond acceptors (Lipinski definition) is 1. The maximum absolute atomic E-state index is 13.9. The van der Waals surface area contributed by atoms with Crippen molar-refractivity contribution in [3.63, 3.8) is 0 Å². The fourth-order valence-electron chi connectivity index (χ4n) is 2.14. The zero-order valence-electron chi connectivity index (χ0n) is 10.5. The molecule has 0 spiro atoms. The minimum Gasteiger partial charge on any atom is -0.478 e. The van der Waals surface area contributed by atoms with Crippen LogP contribution in [-0.4, -0.2) is 15.6 Å². The second-order valence-electron chi connectivity index (χ2n) is 4.38. The van der Waals surface area contributed by atoms with E-state index in [1.165, 1.54) is 6.07 Å². The smallest absolute Gasteiger partial charge is 0.337 e. The third kappa shape index (κ3) is 1.90. The molecule has 94 valence electrons. The van der Waals surface area contributed by atoms with Gasteiger partial charge in [0.1, 0.15) is 5.82 Å². The van der Waals surface area contributed by atoms with E-state index in [0.717, 1.165) is 5.56 Å². The SMILES string of the molecule is Cc1ccc(-n2c(C)cc(C(=O)O)c2C)c(F)c1. The van der Waals surface area contributed by atoms with Crippen molar-refractivity contribution < 1.29 is 14.3 Å². The van der Waals surface area contributed by atoms with Gasteiger partial charge in [-0.2, -0.15) is 0 Å². The Kier molecular flexibility index (Phi) is 2.95. The van der Waals surface area contributed by atoms with Gasteiger partial charge in [0.2, 0.25) is 0 Å². The summed E-state index contributed by atoms with van der Waals surface area (Å²) in [6, 6.07) is 6.46. The van der Waals surface area contributed by atoms with E-state index in [4.69, 9.17) is 5.11 Å². The van der Waals surface area contributed by atoms with Crippen molar-refractivity contribution in [2.24, 2.45) is 0 Å². The maximum Gasteiger partial charge on any atom is 0.337 e.